The lowest BCUT2D eigenvalue weighted by atomic mass is 10.1. The largest absolute Gasteiger partial charge is 0.361 e. The summed E-state index contributed by atoms with van der Waals surface area (Å²) in [6.07, 6.45) is 3.17. The number of hydrogen-bond acceptors (Lipinski definition) is 3. The van der Waals surface area contributed by atoms with Gasteiger partial charge in [0.25, 0.3) is 11.8 Å². The summed E-state index contributed by atoms with van der Waals surface area (Å²) >= 11 is 0. The van der Waals surface area contributed by atoms with E-state index in [0.717, 1.165) is 22.0 Å². The average Bonchev–Trinajstić information content (AvgIpc) is 3.32. The van der Waals surface area contributed by atoms with E-state index < -0.39 is 11.8 Å². The molecule has 0 aliphatic carbocycles. The van der Waals surface area contributed by atoms with Gasteiger partial charge in [0.2, 0.25) is 0 Å². The standard InChI is InChI=1S/C21H19N5O2/c1-12-3-5-16(13(2)9-12)26-21(28)19-18(23-11-24-19)20(27)25-15-4-6-17-14(10-15)7-8-22-17/h3-11,22H,1-2H3,(H,23,24)(H,25,27)(H,26,28). The summed E-state index contributed by atoms with van der Waals surface area (Å²) in [6, 6.07) is 13.2. The van der Waals surface area contributed by atoms with Crippen LogP contribution in [0.5, 0.6) is 0 Å². The van der Waals surface area contributed by atoms with Gasteiger partial charge in [-0.25, -0.2) is 4.98 Å². The van der Waals surface area contributed by atoms with Crippen molar-refractivity contribution in [1.29, 1.82) is 0 Å². The minimum atomic E-state index is -0.457. The highest BCUT2D eigenvalue weighted by Gasteiger charge is 2.21. The van der Waals surface area contributed by atoms with E-state index in [2.05, 4.69) is 25.6 Å². The average molecular weight is 373 g/mol. The number of carbonyl (C=O) groups excluding carboxylic acids is 2. The fourth-order valence-electron chi connectivity index (χ4n) is 3.10. The molecule has 0 bridgehead atoms. The van der Waals surface area contributed by atoms with Crippen LogP contribution >= 0.6 is 0 Å². The summed E-state index contributed by atoms with van der Waals surface area (Å²) in [5.74, 6) is -0.877. The number of imidazole rings is 1. The van der Waals surface area contributed by atoms with Gasteiger partial charge in [-0.05, 0) is 49.7 Å². The number of anilines is 2. The van der Waals surface area contributed by atoms with Gasteiger partial charge in [-0.2, -0.15) is 0 Å². The molecule has 0 atom stereocenters. The van der Waals surface area contributed by atoms with Crippen molar-refractivity contribution in [3.8, 4) is 0 Å². The highest BCUT2D eigenvalue weighted by Crippen LogP contribution is 2.20. The van der Waals surface area contributed by atoms with Crippen LogP contribution in [0.4, 0.5) is 11.4 Å². The molecule has 2 aromatic heterocycles. The van der Waals surface area contributed by atoms with E-state index in [9.17, 15) is 9.59 Å². The third-order valence-electron chi connectivity index (χ3n) is 4.52. The van der Waals surface area contributed by atoms with Gasteiger partial charge in [-0.3, -0.25) is 9.59 Å². The first-order chi connectivity index (χ1) is 13.5. The van der Waals surface area contributed by atoms with E-state index in [1.165, 1.54) is 6.33 Å². The van der Waals surface area contributed by atoms with E-state index >= 15 is 0 Å². The number of nitrogens with one attached hydrogen (secondary N) is 4. The molecule has 28 heavy (non-hydrogen) atoms. The first-order valence-electron chi connectivity index (χ1n) is 8.82. The van der Waals surface area contributed by atoms with Gasteiger partial charge < -0.3 is 20.6 Å². The van der Waals surface area contributed by atoms with Crippen molar-refractivity contribution in [3.63, 3.8) is 0 Å². The zero-order valence-electron chi connectivity index (χ0n) is 15.5. The van der Waals surface area contributed by atoms with Crippen LogP contribution in [0.3, 0.4) is 0 Å². The van der Waals surface area contributed by atoms with Crippen molar-refractivity contribution in [2.45, 2.75) is 13.8 Å². The number of hydrogen-bond donors (Lipinski definition) is 4. The Bertz CT molecular complexity index is 1190. The molecule has 7 heteroatoms. The second-order valence-corrected chi connectivity index (χ2v) is 6.63. The van der Waals surface area contributed by atoms with Crippen LogP contribution in [0.25, 0.3) is 10.9 Å². The number of rotatable bonds is 4. The lowest BCUT2D eigenvalue weighted by molar-refractivity contribution is 0.0985. The highest BCUT2D eigenvalue weighted by molar-refractivity contribution is 6.13. The number of aromatic amines is 2. The Morgan fingerprint density at radius 2 is 1.79 bits per heavy atom. The third kappa shape index (κ3) is 3.37. The van der Waals surface area contributed by atoms with Crippen molar-refractivity contribution in [2.75, 3.05) is 10.6 Å². The predicted molar refractivity (Wildman–Crippen MR) is 109 cm³/mol. The number of benzene rings is 2. The van der Waals surface area contributed by atoms with Gasteiger partial charge >= 0.3 is 0 Å². The molecule has 2 aromatic carbocycles. The van der Waals surface area contributed by atoms with Crippen molar-refractivity contribution in [1.82, 2.24) is 15.0 Å². The van der Waals surface area contributed by atoms with Crippen LogP contribution in [0.15, 0.2) is 55.0 Å². The van der Waals surface area contributed by atoms with Crippen LogP contribution in [0, 0.1) is 13.8 Å². The van der Waals surface area contributed by atoms with Gasteiger partial charge in [0.1, 0.15) is 5.69 Å². The Hall–Kier alpha value is -3.87. The molecule has 4 N–H and O–H groups in total. The van der Waals surface area contributed by atoms with Crippen LogP contribution in [-0.4, -0.2) is 26.8 Å². The van der Waals surface area contributed by atoms with Gasteiger partial charge in [0.15, 0.2) is 5.69 Å². The maximum atomic E-state index is 12.7. The lowest BCUT2D eigenvalue weighted by Gasteiger charge is -2.09. The summed E-state index contributed by atoms with van der Waals surface area (Å²) < 4.78 is 0. The monoisotopic (exact) mass is 373 g/mol. The Morgan fingerprint density at radius 3 is 2.61 bits per heavy atom. The molecule has 2 amide bonds. The summed E-state index contributed by atoms with van der Waals surface area (Å²) in [6.45, 7) is 3.90. The van der Waals surface area contributed by atoms with Crippen LogP contribution in [0.1, 0.15) is 32.1 Å². The SMILES string of the molecule is Cc1ccc(NC(=O)c2[nH]cnc2C(=O)Nc2ccc3[nH]ccc3c2)c(C)c1. The third-order valence-corrected chi connectivity index (χ3v) is 4.52. The first-order valence-corrected chi connectivity index (χ1v) is 8.82. The zero-order chi connectivity index (χ0) is 19.7. The molecule has 7 nitrogen and oxygen atoms in total. The smallest absolute Gasteiger partial charge is 0.276 e. The molecule has 0 aliphatic rings. The second kappa shape index (κ2) is 7.03. The van der Waals surface area contributed by atoms with Crippen molar-refractivity contribution in [2.24, 2.45) is 0 Å². The minimum Gasteiger partial charge on any atom is -0.361 e. The molecule has 0 radical (unpaired) electrons. The summed E-state index contributed by atoms with van der Waals surface area (Å²) in [4.78, 5) is 35.2. The summed E-state index contributed by atoms with van der Waals surface area (Å²) in [5, 5.41) is 6.59. The molecule has 0 saturated heterocycles. The topological polar surface area (TPSA) is 103 Å². The molecule has 4 aromatic rings. The number of carbonyl (C=O) groups is 2. The predicted octanol–water partition coefficient (Wildman–Crippen LogP) is 4.01. The summed E-state index contributed by atoms with van der Waals surface area (Å²) in [7, 11) is 0. The lowest BCUT2D eigenvalue weighted by Crippen LogP contribution is -2.20. The molecule has 0 saturated carbocycles. The number of fused-ring (bicyclic) bond motifs is 1. The van der Waals surface area contributed by atoms with E-state index in [1.807, 2.05) is 56.4 Å². The van der Waals surface area contributed by atoms with Gasteiger partial charge in [0.05, 0.1) is 6.33 Å². The van der Waals surface area contributed by atoms with E-state index in [4.69, 9.17) is 0 Å². The van der Waals surface area contributed by atoms with Gasteiger partial charge in [-0.1, -0.05) is 17.7 Å². The first kappa shape index (κ1) is 17.5. The Kier molecular flexibility index (Phi) is 4.41. The maximum absolute atomic E-state index is 12.7. The molecule has 0 aliphatic heterocycles. The number of aryl methyl sites for hydroxylation is 2. The second-order valence-electron chi connectivity index (χ2n) is 6.63. The number of aromatic nitrogens is 3. The zero-order valence-corrected chi connectivity index (χ0v) is 15.5. The molecule has 0 unspecified atom stereocenters. The molecule has 0 spiro atoms. The van der Waals surface area contributed by atoms with Crippen LogP contribution in [-0.2, 0) is 0 Å². The fourth-order valence-corrected chi connectivity index (χ4v) is 3.10. The van der Waals surface area contributed by atoms with Gasteiger partial charge in [-0.15, -0.1) is 0 Å². The highest BCUT2D eigenvalue weighted by atomic mass is 16.2. The van der Waals surface area contributed by atoms with E-state index in [1.54, 1.807) is 6.07 Å². The van der Waals surface area contributed by atoms with Crippen LogP contribution < -0.4 is 10.6 Å². The van der Waals surface area contributed by atoms with Gasteiger partial charge in [0, 0.05) is 28.5 Å². The molecule has 2 heterocycles. The minimum absolute atomic E-state index is 0.0384. The molecular formula is C21H19N5O2. The number of amides is 2. The number of nitrogens with zero attached hydrogens (tertiary/aromatic N) is 1. The fraction of sp³-hybridized carbons (Fsp3) is 0.0952. The maximum Gasteiger partial charge on any atom is 0.276 e. The number of H-pyrrole nitrogens is 2. The van der Waals surface area contributed by atoms with Crippen molar-refractivity contribution in [3.05, 3.63) is 77.5 Å². The van der Waals surface area contributed by atoms with E-state index in [-0.39, 0.29) is 11.4 Å². The Labute approximate surface area is 161 Å². The molecule has 4 rings (SSSR count). The van der Waals surface area contributed by atoms with Crippen molar-refractivity contribution < 1.29 is 9.59 Å². The van der Waals surface area contributed by atoms with E-state index in [0.29, 0.717) is 11.4 Å². The summed E-state index contributed by atoms with van der Waals surface area (Å²) in [5.41, 5.74) is 4.49. The van der Waals surface area contributed by atoms with Crippen LogP contribution in [0.2, 0.25) is 0 Å². The quantitative estimate of drug-likeness (QED) is 0.434. The molecule has 0 fully saturated rings. The molecular weight excluding hydrogens is 354 g/mol. The molecule has 140 valence electrons. The van der Waals surface area contributed by atoms with Crippen molar-refractivity contribution >= 4 is 34.1 Å². The normalized spacial score (nSPS) is 10.8. The Balaban J connectivity index is 1.54. The Morgan fingerprint density at radius 1 is 0.929 bits per heavy atom.